The van der Waals surface area contributed by atoms with Gasteiger partial charge in [-0.3, -0.25) is 0 Å². The molecule has 10 atom stereocenters. The maximum atomic E-state index is 10.2. The van der Waals surface area contributed by atoms with Crippen LogP contribution in [0.15, 0.2) is 11.6 Å². The van der Waals surface area contributed by atoms with E-state index in [0.717, 1.165) is 48.2 Å². The van der Waals surface area contributed by atoms with Crippen LogP contribution < -0.4 is 0 Å². The second-order valence-corrected chi connectivity index (χ2v) is 13.3. The second-order valence-electron chi connectivity index (χ2n) is 12.1. The fourth-order valence-electron chi connectivity index (χ4n) is 8.78. The molecule has 0 heterocycles. The minimum Gasteiger partial charge on any atom is -0.393 e. The Kier molecular flexibility index (Phi) is 7.05. The summed E-state index contributed by atoms with van der Waals surface area (Å²) in [5.41, 5.74) is 2.52. The first-order chi connectivity index (χ1) is 14.2. The number of aliphatic hydroxyl groups excluding tert-OH is 1. The Labute approximate surface area is 197 Å². The van der Waals surface area contributed by atoms with E-state index in [1.54, 1.807) is 5.57 Å². The monoisotopic (exact) mass is 450 g/mol. The third-order valence-corrected chi connectivity index (χ3v) is 11.6. The van der Waals surface area contributed by atoms with Crippen LogP contribution in [-0.4, -0.2) is 22.2 Å². The lowest BCUT2D eigenvalue weighted by atomic mass is 9.47. The quantitative estimate of drug-likeness (QED) is 0.288. The van der Waals surface area contributed by atoms with Gasteiger partial charge in [0.2, 0.25) is 0 Å². The Morgan fingerprint density at radius 2 is 1.83 bits per heavy atom. The summed E-state index contributed by atoms with van der Waals surface area (Å²) in [4.78, 5) is 0. The Bertz CT molecular complexity index is 645. The molecule has 0 aromatic heterocycles. The molecule has 4 rings (SSSR count). The van der Waals surface area contributed by atoms with E-state index < -0.39 is 0 Å². The van der Waals surface area contributed by atoms with Crippen molar-refractivity contribution in [1.82, 2.24) is 0 Å². The first kappa shape index (κ1) is 23.6. The van der Waals surface area contributed by atoms with Gasteiger partial charge in [0.25, 0.3) is 0 Å². The summed E-state index contributed by atoms with van der Waals surface area (Å²) in [5, 5.41) is 10.7. The zero-order valence-corrected chi connectivity index (χ0v) is 21.6. The number of hydrogen-bond donors (Lipinski definition) is 3. The van der Waals surface area contributed by atoms with Gasteiger partial charge in [0, 0.05) is 5.25 Å². The van der Waals surface area contributed by atoms with E-state index in [-0.39, 0.29) is 6.10 Å². The van der Waals surface area contributed by atoms with Crippen LogP contribution in [0.2, 0.25) is 0 Å². The molecule has 172 valence electrons. The van der Waals surface area contributed by atoms with E-state index in [0.29, 0.717) is 22.0 Å². The number of rotatable bonds is 6. The Morgan fingerprint density at radius 1 is 1.07 bits per heavy atom. The molecule has 3 fully saturated rings. The first-order valence-electron chi connectivity index (χ1n) is 12.9. The molecule has 0 bridgehead atoms. The van der Waals surface area contributed by atoms with Gasteiger partial charge in [-0.05, 0) is 110 Å². The average molecular weight is 451 g/mol. The summed E-state index contributed by atoms with van der Waals surface area (Å²) in [6.07, 6.45) is 15.3. The molecule has 4 aliphatic carbocycles. The fourth-order valence-corrected chi connectivity index (χ4v) is 9.70. The largest absolute Gasteiger partial charge is 0.393 e. The Balaban J connectivity index is 1.47. The van der Waals surface area contributed by atoms with Crippen LogP contribution in [0.25, 0.3) is 0 Å². The first-order valence-corrected chi connectivity index (χ1v) is 14.0. The Hall–Kier alpha value is 0.400. The minimum atomic E-state index is -0.0903. The van der Waals surface area contributed by atoms with Gasteiger partial charge in [-0.1, -0.05) is 45.8 Å². The molecule has 0 amide bonds. The summed E-state index contributed by atoms with van der Waals surface area (Å²) < 4.78 is 0. The summed E-state index contributed by atoms with van der Waals surface area (Å²) >= 11 is 9.30. The SMILES string of the molecule is CC(S)C(CS)CCC(C)C1CCC2C3CC=C4CC(O)CCC4(C)C3CCC12C. The van der Waals surface area contributed by atoms with E-state index in [4.69, 9.17) is 12.6 Å². The summed E-state index contributed by atoms with van der Waals surface area (Å²) in [7, 11) is 0. The van der Waals surface area contributed by atoms with Gasteiger partial charge in [-0.2, -0.15) is 25.3 Å². The molecule has 0 spiro atoms. The number of hydrogen-bond acceptors (Lipinski definition) is 3. The highest BCUT2D eigenvalue weighted by Crippen LogP contribution is 2.67. The zero-order chi connectivity index (χ0) is 21.7. The molecule has 30 heavy (non-hydrogen) atoms. The van der Waals surface area contributed by atoms with Crippen LogP contribution in [0.3, 0.4) is 0 Å². The zero-order valence-electron chi connectivity index (χ0n) is 19.8. The molecule has 0 aromatic carbocycles. The maximum absolute atomic E-state index is 10.2. The summed E-state index contributed by atoms with van der Waals surface area (Å²) in [5.74, 6) is 5.97. The van der Waals surface area contributed by atoms with Gasteiger partial charge in [0.1, 0.15) is 0 Å². The van der Waals surface area contributed by atoms with Gasteiger partial charge in [0.15, 0.2) is 0 Å². The van der Waals surface area contributed by atoms with Crippen molar-refractivity contribution in [1.29, 1.82) is 0 Å². The maximum Gasteiger partial charge on any atom is 0.0577 e. The number of allylic oxidation sites excluding steroid dienone is 1. The Morgan fingerprint density at radius 3 is 2.53 bits per heavy atom. The molecule has 1 nitrogen and oxygen atoms in total. The van der Waals surface area contributed by atoms with E-state index >= 15 is 0 Å². The lowest BCUT2D eigenvalue weighted by molar-refractivity contribution is -0.0574. The van der Waals surface area contributed by atoms with Crippen molar-refractivity contribution in [3.05, 3.63) is 11.6 Å². The van der Waals surface area contributed by atoms with Crippen LogP contribution in [0.4, 0.5) is 0 Å². The van der Waals surface area contributed by atoms with Crippen LogP contribution in [0, 0.1) is 46.3 Å². The molecule has 10 unspecified atom stereocenters. The van der Waals surface area contributed by atoms with Crippen molar-refractivity contribution in [2.45, 2.75) is 103 Å². The summed E-state index contributed by atoms with van der Waals surface area (Å²) in [6.45, 7) is 10.0. The standard InChI is InChI=1S/C27H46OS2/c1-17(5-6-19(16-29)18(2)30)23-9-10-24-22-8-7-20-15-21(28)11-13-26(20,3)25(22)12-14-27(23,24)4/h7,17-19,21-25,28-30H,5-6,8-16H2,1-4H3. The molecule has 1 N–H and O–H groups in total. The molecule has 3 heteroatoms. The van der Waals surface area contributed by atoms with Gasteiger partial charge in [-0.15, -0.1) is 0 Å². The van der Waals surface area contributed by atoms with Crippen molar-refractivity contribution >= 4 is 25.3 Å². The van der Waals surface area contributed by atoms with E-state index in [9.17, 15) is 5.11 Å². The van der Waals surface area contributed by atoms with Crippen LogP contribution in [0.1, 0.15) is 91.9 Å². The van der Waals surface area contributed by atoms with E-state index in [2.05, 4.69) is 46.4 Å². The molecule has 0 radical (unpaired) electrons. The number of aliphatic hydroxyl groups is 1. The third kappa shape index (κ3) is 3.96. The molecular formula is C27H46OS2. The highest BCUT2D eigenvalue weighted by atomic mass is 32.1. The summed E-state index contributed by atoms with van der Waals surface area (Å²) in [6, 6.07) is 0. The average Bonchev–Trinajstić information content (AvgIpc) is 3.06. The van der Waals surface area contributed by atoms with Crippen molar-refractivity contribution in [2.75, 3.05) is 5.75 Å². The van der Waals surface area contributed by atoms with Gasteiger partial charge < -0.3 is 5.11 Å². The van der Waals surface area contributed by atoms with E-state index in [1.807, 2.05) is 0 Å². The molecule has 4 aliphatic rings. The highest BCUT2D eigenvalue weighted by molar-refractivity contribution is 7.81. The smallest absolute Gasteiger partial charge is 0.0577 e. The van der Waals surface area contributed by atoms with Gasteiger partial charge in [-0.25, -0.2) is 0 Å². The van der Waals surface area contributed by atoms with Crippen LogP contribution in [0.5, 0.6) is 0 Å². The van der Waals surface area contributed by atoms with Gasteiger partial charge in [0.05, 0.1) is 6.10 Å². The molecule has 0 aromatic rings. The molecule has 0 saturated heterocycles. The van der Waals surface area contributed by atoms with E-state index in [1.165, 1.54) is 51.4 Å². The lowest BCUT2D eigenvalue weighted by Gasteiger charge is -2.58. The predicted octanol–water partition coefficient (Wildman–Crippen LogP) is 7.21. The van der Waals surface area contributed by atoms with Crippen molar-refractivity contribution in [3.63, 3.8) is 0 Å². The molecule has 0 aliphatic heterocycles. The van der Waals surface area contributed by atoms with Crippen molar-refractivity contribution in [2.24, 2.45) is 46.3 Å². The minimum absolute atomic E-state index is 0.0903. The predicted molar refractivity (Wildman–Crippen MR) is 135 cm³/mol. The topological polar surface area (TPSA) is 20.2 Å². The van der Waals surface area contributed by atoms with Crippen molar-refractivity contribution < 1.29 is 5.11 Å². The van der Waals surface area contributed by atoms with Gasteiger partial charge >= 0.3 is 0 Å². The fraction of sp³-hybridized carbons (Fsp3) is 0.926. The van der Waals surface area contributed by atoms with Crippen LogP contribution >= 0.6 is 25.3 Å². The number of thiol groups is 2. The second kappa shape index (κ2) is 8.98. The molecule has 3 saturated carbocycles. The third-order valence-electron chi connectivity index (χ3n) is 10.7. The van der Waals surface area contributed by atoms with Crippen LogP contribution in [-0.2, 0) is 0 Å². The molecular weight excluding hydrogens is 404 g/mol. The number of fused-ring (bicyclic) bond motifs is 5. The highest BCUT2D eigenvalue weighted by Gasteiger charge is 2.59. The van der Waals surface area contributed by atoms with Crippen molar-refractivity contribution in [3.8, 4) is 0 Å². The lowest BCUT2D eigenvalue weighted by Crippen LogP contribution is -2.50. The normalized spacial score (nSPS) is 46.2.